The van der Waals surface area contributed by atoms with Crippen molar-refractivity contribution in [1.29, 1.82) is 0 Å². The van der Waals surface area contributed by atoms with Crippen LogP contribution >= 0.6 is 11.8 Å². The van der Waals surface area contributed by atoms with Gasteiger partial charge < -0.3 is 15.0 Å². The molecule has 0 radical (unpaired) electrons. The van der Waals surface area contributed by atoms with Gasteiger partial charge in [-0.3, -0.25) is 0 Å². The van der Waals surface area contributed by atoms with Gasteiger partial charge in [-0.15, -0.1) is 0 Å². The lowest BCUT2D eigenvalue weighted by Gasteiger charge is -2.42. The number of nitrogens with zero attached hydrogens (tertiary/aromatic N) is 1. The van der Waals surface area contributed by atoms with E-state index in [1.807, 2.05) is 11.8 Å². The molecular weight excluding hydrogens is 256 g/mol. The SMILES string of the molecule is CCNCC1(CN(C)C(CC)CSC)CCCOC1. The van der Waals surface area contributed by atoms with Gasteiger partial charge in [0, 0.05) is 36.9 Å². The third kappa shape index (κ3) is 5.62. The molecule has 19 heavy (non-hydrogen) atoms. The van der Waals surface area contributed by atoms with Crippen LogP contribution in [0.15, 0.2) is 0 Å². The third-order valence-electron chi connectivity index (χ3n) is 4.19. The quantitative estimate of drug-likeness (QED) is 0.704. The van der Waals surface area contributed by atoms with E-state index in [4.69, 9.17) is 4.74 Å². The molecule has 114 valence electrons. The highest BCUT2D eigenvalue weighted by atomic mass is 32.2. The van der Waals surface area contributed by atoms with Crippen LogP contribution in [-0.4, -0.2) is 62.8 Å². The highest BCUT2D eigenvalue weighted by molar-refractivity contribution is 7.98. The third-order valence-corrected chi connectivity index (χ3v) is 4.91. The van der Waals surface area contributed by atoms with Gasteiger partial charge in [0.25, 0.3) is 0 Å². The first kappa shape index (κ1) is 17.3. The van der Waals surface area contributed by atoms with Crippen LogP contribution in [0.5, 0.6) is 0 Å². The van der Waals surface area contributed by atoms with Crippen LogP contribution in [0.4, 0.5) is 0 Å². The molecule has 4 heteroatoms. The second-order valence-corrected chi connectivity index (χ2v) is 6.78. The Morgan fingerprint density at radius 3 is 2.74 bits per heavy atom. The van der Waals surface area contributed by atoms with Crippen LogP contribution in [0.25, 0.3) is 0 Å². The predicted octanol–water partition coefficient (Wildman–Crippen LogP) is 2.47. The summed E-state index contributed by atoms with van der Waals surface area (Å²) in [5.41, 5.74) is 0.314. The summed E-state index contributed by atoms with van der Waals surface area (Å²) < 4.78 is 5.78. The molecule has 1 heterocycles. The standard InChI is InChI=1S/C15H32N2OS/c1-5-14(10-19-4)17(3)12-15(11-16-6-2)8-7-9-18-13-15/h14,16H,5-13H2,1-4H3. The molecule has 1 rings (SSSR count). The average Bonchev–Trinajstić information content (AvgIpc) is 2.43. The number of hydrogen-bond donors (Lipinski definition) is 1. The molecule has 1 aliphatic heterocycles. The molecule has 1 N–H and O–H groups in total. The van der Waals surface area contributed by atoms with Crippen LogP contribution in [0.2, 0.25) is 0 Å². The van der Waals surface area contributed by atoms with Gasteiger partial charge in [0.1, 0.15) is 0 Å². The van der Waals surface area contributed by atoms with Crippen molar-refractivity contribution in [3.05, 3.63) is 0 Å². The largest absolute Gasteiger partial charge is 0.381 e. The maximum absolute atomic E-state index is 5.78. The summed E-state index contributed by atoms with van der Waals surface area (Å²) in [6.45, 7) is 9.63. The summed E-state index contributed by atoms with van der Waals surface area (Å²) in [6.07, 6.45) is 5.93. The van der Waals surface area contributed by atoms with Crippen molar-refractivity contribution in [2.45, 2.75) is 39.2 Å². The minimum Gasteiger partial charge on any atom is -0.381 e. The first-order valence-corrected chi connectivity index (χ1v) is 9.04. The van der Waals surface area contributed by atoms with E-state index in [2.05, 4.69) is 37.4 Å². The Morgan fingerprint density at radius 1 is 1.42 bits per heavy atom. The molecule has 1 fully saturated rings. The van der Waals surface area contributed by atoms with Crippen molar-refractivity contribution >= 4 is 11.8 Å². The van der Waals surface area contributed by atoms with Gasteiger partial charge in [-0.2, -0.15) is 11.8 Å². The number of thioether (sulfide) groups is 1. The molecule has 3 nitrogen and oxygen atoms in total. The predicted molar refractivity (Wildman–Crippen MR) is 86.1 cm³/mol. The zero-order valence-electron chi connectivity index (χ0n) is 13.2. The fourth-order valence-corrected chi connectivity index (χ4v) is 3.90. The van der Waals surface area contributed by atoms with Gasteiger partial charge in [-0.05, 0) is 39.1 Å². The highest BCUT2D eigenvalue weighted by Crippen LogP contribution is 2.30. The smallest absolute Gasteiger partial charge is 0.0546 e. The summed E-state index contributed by atoms with van der Waals surface area (Å²) in [4.78, 5) is 2.56. The molecule has 0 spiro atoms. The van der Waals surface area contributed by atoms with E-state index in [1.165, 1.54) is 25.0 Å². The van der Waals surface area contributed by atoms with E-state index in [0.29, 0.717) is 11.5 Å². The van der Waals surface area contributed by atoms with E-state index < -0.39 is 0 Å². The lowest BCUT2D eigenvalue weighted by molar-refractivity contribution is -0.0270. The van der Waals surface area contributed by atoms with Crippen molar-refractivity contribution in [3.63, 3.8) is 0 Å². The zero-order chi connectivity index (χ0) is 14.1. The maximum Gasteiger partial charge on any atom is 0.0546 e. The first-order chi connectivity index (χ1) is 9.17. The lowest BCUT2D eigenvalue weighted by Crippen LogP contribution is -2.50. The Kier molecular flexibility index (Phi) is 8.38. The van der Waals surface area contributed by atoms with Crippen LogP contribution in [-0.2, 0) is 4.74 Å². The van der Waals surface area contributed by atoms with Crippen LogP contribution in [0.1, 0.15) is 33.1 Å². The molecule has 2 atom stereocenters. The van der Waals surface area contributed by atoms with E-state index in [9.17, 15) is 0 Å². The second-order valence-electron chi connectivity index (χ2n) is 5.87. The maximum atomic E-state index is 5.78. The van der Waals surface area contributed by atoms with Crippen LogP contribution in [0.3, 0.4) is 0 Å². The number of rotatable bonds is 9. The highest BCUT2D eigenvalue weighted by Gasteiger charge is 2.34. The number of hydrogen-bond acceptors (Lipinski definition) is 4. The topological polar surface area (TPSA) is 24.5 Å². The second kappa shape index (κ2) is 9.22. The van der Waals surface area contributed by atoms with Crippen molar-refractivity contribution in [3.8, 4) is 0 Å². The zero-order valence-corrected chi connectivity index (χ0v) is 14.0. The monoisotopic (exact) mass is 288 g/mol. The van der Waals surface area contributed by atoms with Crippen molar-refractivity contribution in [2.24, 2.45) is 5.41 Å². The summed E-state index contributed by atoms with van der Waals surface area (Å²) in [7, 11) is 2.28. The summed E-state index contributed by atoms with van der Waals surface area (Å²) in [5.74, 6) is 1.23. The van der Waals surface area contributed by atoms with Gasteiger partial charge in [0.2, 0.25) is 0 Å². The van der Waals surface area contributed by atoms with Crippen molar-refractivity contribution in [2.75, 3.05) is 51.9 Å². The van der Waals surface area contributed by atoms with E-state index in [0.717, 1.165) is 32.8 Å². The minimum atomic E-state index is 0.314. The Hall–Kier alpha value is 0.230. The normalized spacial score (nSPS) is 25.7. The van der Waals surface area contributed by atoms with Gasteiger partial charge in [-0.25, -0.2) is 0 Å². The molecule has 2 unspecified atom stereocenters. The van der Waals surface area contributed by atoms with Gasteiger partial charge >= 0.3 is 0 Å². The van der Waals surface area contributed by atoms with Crippen molar-refractivity contribution < 1.29 is 4.74 Å². The Bertz CT molecular complexity index is 232. The number of ether oxygens (including phenoxy) is 1. The van der Waals surface area contributed by atoms with E-state index in [1.54, 1.807) is 0 Å². The molecule has 0 saturated carbocycles. The Labute approximate surface area is 123 Å². The lowest BCUT2D eigenvalue weighted by atomic mass is 9.81. The first-order valence-electron chi connectivity index (χ1n) is 7.65. The minimum absolute atomic E-state index is 0.314. The average molecular weight is 289 g/mol. The van der Waals surface area contributed by atoms with Gasteiger partial charge in [0.05, 0.1) is 6.61 Å². The van der Waals surface area contributed by atoms with E-state index in [-0.39, 0.29) is 0 Å². The molecule has 1 aliphatic rings. The fraction of sp³-hybridized carbons (Fsp3) is 1.00. The van der Waals surface area contributed by atoms with Gasteiger partial charge in [-0.1, -0.05) is 13.8 Å². The summed E-state index contributed by atoms with van der Waals surface area (Å²) in [6, 6.07) is 0.690. The molecule has 0 aliphatic carbocycles. The van der Waals surface area contributed by atoms with Crippen LogP contribution in [0, 0.1) is 5.41 Å². The molecule has 1 saturated heterocycles. The molecule has 0 aromatic carbocycles. The molecule has 0 amide bonds. The summed E-state index contributed by atoms with van der Waals surface area (Å²) >= 11 is 1.95. The molecule has 0 bridgehead atoms. The molecular formula is C15H32N2OS. The Morgan fingerprint density at radius 2 is 2.21 bits per heavy atom. The molecule has 0 aromatic heterocycles. The van der Waals surface area contributed by atoms with Crippen LogP contribution < -0.4 is 5.32 Å². The summed E-state index contributed by atoms with van der Waals surface area (Å²) in [5, 5.41) is 3.54. The van der Waals surface area contributed by atoms with E-state index >= 15 is 0 Å². The Balaban J connectivity index is 2.59. The molecule has 0 aromatic rings. The van der Waals surface area contributed by atoms with Gasteiger partial charge in [0.15, 0.2) is 0 Å². The fourth-order valence-electron chi connectivity index (χ4n) is 3.03. The number of nitrogens with one attached hydrogen (secondary N) is 1. The van der Waals surface area contributed by atoms with Crippen molar-refractivity contribution in [1.82, 2.24) is 10.2 Å².